The molecule has 0 amide bonds. The van der Waals surface area contributed by atoms with Crippen molar-refractivity contribution in [2.45, 2.75) is 24.9 Å². The van der Waals surface area contributed by atoms with Gasteiger partial charge in [0.25, 0.3) is 5.56 Å². The van der Waals surface area contributed by atoms with Crippen LogP contribution in [0.25, 0.3) is 6.08 Å². The van der Waals surface area contributed by atoms with Crippen molar-refractivity contribution in [1.82, 2.24) is 9.55 Å². The minimum Gasteiger partial charge on any atom is -0.461 e. The molecule has 10 heteroatoms. The number of aromatic nitrogens is 2. The van der Waals surface area contributed by atoms with E-state index in [0.717, 1.165) is 0 Å². The zero-order valence-corrected chi connectivity index (χ0v) is 14.4. The Morgan fingerprint density at radius 2 is 2.33 bits per heavy atom. The molecule has 2 heterocycles. The fourth-order valence-corrected chi connectivity index (χ4v) is 2.56. The number of ether oxygens (including phenoxy) is 3. The van der Waals surface area contributed by atoms with Crippen LogP contribution in [0, 0.1) is 0 Å². The van der Waals surface area contributed by atoms with E-state index < -0.39 is 35.7 Å². The topological polar surface area (TPSA) is 120 Å². The zero-order valence-electron chi connectivity index (χ0n) is 12.8. The van der Waals surface area contributed by atoms with Gasteiger partial charge in [-0.05, 0) is 11.1 Å². The first-order valence-electron chi connectivity index (χ1n) is 7.06. The van der Waals surface area contributed by atoms with Crippen molar-refractivity contribution in [3.05, 3.63) is 37.6 Å². The van der Waals surface area contributed by atoms with E-state index >= 15 is 0 Å². The second kappa shape index (κ2) is 8.38. The molecule has 2 rings (SSSR count). The Morgan fingerprint density at radius 1 is 1.58 bits per heavy atom. The molecule has 1 aliphatic heterocycles. The molecule has 0 aromatic carbocycles. The molecule has 1 aromatic rings. The molecule has 132 valence electrons. The average Bonchev–Trinajstić information content (AvgIpc) is 2.89. The van der Waals surface area contributed by atoms with Crippen LogP contribution in [0.1, 0.15) is 18.2 Å². The summed E-state index contributed by atoms with van der Waals surface area (Å²) in [5.74, 6) is -0.581. The summed E-state index contributed by atoms with van der Waals surface area (Å²) in [7, 11) is 1.36. The van der Waals surface area contributed by atoms with Gasteiger partial charge >= 0.3 is 11.7 Å². The summed E-state index contributed by atoms with van der Waals surface area (Å²) in [5, 5.41) is 10.0. The molecule has 1 fully saturated rings. The monoisotopic (exact) mass is 404 g/mol. The summed E-state index contributed by atoms with van der Waals surface area (Å²) in [6, 6.07) is 0. The first-order chi connectivity index (χ1) is 11.5. The predicted molar refractivity (Wildman–Crippen MR) is 86.7 cm³/mol. The fraction of sp³-hybridized carbons (Fsp3) is 0.500. The third-order valence-corrected chi connectivity index (χ3v) is 3.69. The van der Waals surface area contributed by atoms with Crippen LogP contribution in [-0.2, 0) is 19.0 Å². The summed E-state index contributed by atoms with van der Waals surface area (Å²) in [6.45, 7) is -0.361. The number of hydrogen-bond donors (Lipinski definition) is 2. The van der Waals surface area contributed by atoms with Gasteiger partial charge in [-0.15, -0.1) is 0 Å². The van der Waals surface area contributed by atoms with E-state index in [0.29, 0.717) is 0 Å². The number of aromatic amines is 1. The lowest BCUT2D eigenvalue weighted by Crippen LogP contribution is -2.33. The number of H-pyrrole nitrogens is 1. The van der Waals surface area contributed by atoms with Crippen LogP contribution in [0.3, 0.4) is 0 Å². The van der Waals surface area contributed by atoms with E-state index in [1.54, 1.807) is 0 Å². The summed E-state index contributed by atoms with van der Waals surface area (Å²) in [6.07, 6.45) is 0.470. The van der Waals surface area contributed by atoms with E-state index in [4.69, 9.17) is 9.47 Å². The lowest BCUT2D eigenvalue weighted by molar-refractivity contribution is -0.154. The van der Waals surface area contributed by atoms with E-state index in [2.05, 4.69) is 25.7 Å². The second-order valence-electron chi connectivity index (χ2n) is 5.09. The van der Waals surface area contributed by atoms with Crippen LogP contribution in [-0.4, -0.2) is 53.2 Å². The van der Waals surface area contributed by atoms with Crippen LogP contribution >= 0.6 is 15.9 Å². The normalized spacial score (nSPS) is 23.7. The molecule has 3 atom stereocenters. The maximum atomic E-state index is 12.0. The lowest BCUT2D eigenvalue weighted by atomic mass is 10.2. The Balaban J connectivity index is 2.11. The number of nitrogens with zero attached hydrogens (tertiary/aromatic N) is 1. The van der Waals surface area contributed by atoms with Crippen molar-refractivity contribution in [3.8, 4) is 0 Å². The highest BCUT2D eigenvalue weighted by Gasteiger charge is 2.36. The molecule has 0 aliphatic carbocycles. The molecule has 1 aromatic heterocycles. The smallest absolute Gasteiger partial charge is 0.332 e. The van der Waals surface area contributed by atoms with Crippen molar-refractivity contribution in [3.63, 3.8) is 0 Å². The predicted octanol–water partition coefficient (Wildman–Crippen LogP) is -0.260. The van der Waals surface area contributed by atoms with Gasteiger partial charge in [0.05, 0.1) is 11.7 Å². The molecule has 0 unspecified atom stereocenters. The van der Waals surface area contributed by atoms with Gasteiger partial charge in [0.1, 0.15) is 25.5 Å². The maximum Gasteiger partial charge on any atom is 0.332 e. The van der Waals surface area contributed by atoms with Crippen LogP contribution in [0.4, 0.5) is 0 Å². The van der Waals surface area contributed by atoms with Crippen LogP contribution in [0.2, 0.25) is 0 Å². The minimum atomic E-state index is -0.917. The molecule has 0 saturated carbocycles. The highest BCUT2D eigenvalue weighted by atomic mass is 79.9. The lowest BCUT2D eigenvalue weighted by Gasteiger charge is -2.16. The van der Waals surface area contributed by atoms with Crippen molar-refractivity contribution in [1.29, 1.82) is 0 Å². The minimum absolute atomic E-state index is 0.121. The third-order valence-electron chi connectivity index (χ3n) is 3.42. The van der Waals surface area contributed by atoms with Crippen LogP contribution in [0.15, 0.2) is 20.8 Å². The molecule has 9 nitrogen and oxygen atoms in total. The molecule has 2 N–H and O–H groups in total. The number of hydrogen-bond acceptors (Lipinski definition) is 7. The number of aliphatic hydroxyl groups excluding tert-OH is 1. The Labute approximate surface area is 145 Å². The van der Waals surface area contributed by atoms with Crippen molar-refractivity contribution < 1.29 is 24.1 Å². The largest absolute Gasteiger partial charge is 0.461 e. The van der Waals surface area contributed by atoms with Gasteiger partial charge in [-0.2, -0.15) is 0 Å². The Kier molecular flexibility index (Phi) is 6.49. The summed E-state index contributed by atoms with van der Waals surface area (Å²) in [4.78, 5) is 38.6. The quantitative estimate of drug-likeness (QED) is 0.626. The number of aliphatic hydroxyl groups is 1. The fourth-order valence-electron chi connectivity index (χ4n) is 2.27. The number of methoxy groups -OCH3 is 1. The number of nitrogens with one attached hydrogen (secondary N) is 1. The Bertz CT molecular complexity index is 727. The van der Waals surface area contributed by atoms with Gasteiger partial charge < -0.3 is 19.3 Å². The first kappa shape index (κ1) is 18.6. The molecule has 0 radical (unpaired) electrons. The molecule has 1 saturated heterocycles. The van der Waals surface area contributed by atoms with Gasteiger partial charge in [0.15, 0.2) is 0 Å². The molecular weight excluding hydrogens is 388 g/mol. The number of carbonyl (C=O) groups excluding carboxylic acids is 1. The summed E-state index contributed by atoms with van der Waals surface area (Å²) >= 11 is 3.06. The average molecular weight is 405 g/mol. The first-order valence-corrected chi connectivity index (χ1v) is 7.98. The van der Waals surface area contributed by atoms with Gasteiger partial charge in [-0.25, -0.2) is 9.59 Å². The number of esters is 1. The number of rotatable bonds is 6. The Morgan fingerprint density at radius 3 is 3.00 bits per heavy atom. The van der Waals surface area contributed by atoms with Gasteiger partial charge in [-0.3, -0.25) is 14.3 Å². The van der Waals surface area contributed by atoms with E-state index in [9.17, 15) is 19.5 Å². The maximum absolute atomic E-state index is 12.0. The van der Waals surface area contributed by atoms with E-state index in [1.165, 1.54) is 28.9 Å². The summed E-state index contributed by atoms with van der Waals surface area (Å²) < 4.78 is 16.3. The van der Waals surface area contributed by atoms with Crippen LogP contribution in [0.5, 0.6) is 0 Å². The molecule has 24 heavy (non-hydrogen) atoms. The van der Waals surface area contributed by atoms with Crippen molar-refractivity contribution in [2.24, 2.45) is 0 Å². The molecule has 0 bridgehead atoms. The van der Waals surface area contributed by atoms with Gasteiger partial charge in [-0.1, -0.05) is 15.9 Å². The van der Waals surface area contributed by atoms with Crippen molar-refractivity contribution >= 4 is 28.0 Å². The highest BCUT2D eigenvalue weighted by molar-refractivity contribution is 9.11. The Hall–Kier alpha value is -1.75. The zero-order chi connectivity index (χ0) is 17.7. The number of carbonyl (C=O) groups is 1. The SMILES string of the molecule is COCC(=O)OC[C@H]1O[C@@H](n2cc(/C=C/Br)c(=O)[nH]c2=O)C[C@@H]1O. The van der Waals surface area contributed by atoms with E-state index in [1.807, 2.05) is 0 Å². The third kappa shape index (κ3) is 4.41. The van der Waals surface area contributed by atoms with E-state index in [-0.39, 0.29) is 25.2 Å². The second-order valence-corrected chi connectivity index (χ2v) is 5.62. The van der Waals surface area contributed by atoms with Gasteiger partial charge in [0, 0.05) is 19.7 Å². The molecular formula is C14H17BrN2O7. The van der Waals surface area contributed by atoms with Crippen LogP contribution < -0.4 is 11.2 Å². The molecule has 1 aliphatic rings. The standard InChI is InChI=1S/C14H17BrN2O7/c1-22-7-12(19)23-6-10-9(18)4-11(24-10)17-5-8(2-3-15)13(20)16-14(17)21/h2-3,5,9-11,18H,4,6-7H2,1H3,(H,16,20,21)/b3-2+/t9-,10+,11+/m0/s1. The molecule has 0 spiro atoms. The van der Waals surface area contributed by atoms with Crippen molar-refractivity contribution in [2.75, 3.05) is 20.3 Å². The van der Waals surface area contributed by atoms with Gasteiger partial charge in [0.2, 0.25) is 0 Å². The summed E-state index contributed by atoms with van der Waals surface area (Å²) in [5.41, 5.74) is -0.934. The number of halogens is 1. The highest BCUT2D eigenvalue weighted by Crippen LogP contribution is 2.27.